The molecule has 0 bridgehead atoms. The van der Waals surface area contributed by atoms with Crippen LogP contribution in [0.2, 0.25) is 6.04 Å². The SMILES string of the molecule is Br.Br.Br.CC(C)C[Si]. The predicted molar refractivity (Wildman–Crippen MR) is 56.4 cm³/mol. The van der Waals surface area contributed by atoms with Gasteiger partial charge in [0.15, 0.2) is 0 Å². The van der Waals surface area contributed by atoms with E-state index in [4.69, 9.17) is 0 Å². The Labute approximate surface area is 86.5 Å². The number of hydrogen-bond donors (Lipinski definition) is 0. The van der Waals surface area contributed by atoms with Crippen molar-refractivity contribution in [1.82, 2.24) is 0 Å². The van der Waals surface area contributed by atoms with E-state index in [-0.39, 0.29) is 50.9 Å². The first kappa shape index (κ1) is 22.6. The minimum absolute atomic E-state index is 0. The maximum atomic E-state index is 3.35. The molecule has 0 nitrogen and oxygen atoms in total. The fourth-order valence-corrected chi connectivity index (χ4v) is 0. The highest BCUT2D eigenvalue weighted by Gasteiger charge is 1.80. The fourth-order valence-electron chi connectivity index (χ4n) is 0. The van der Waals surface area contributed by atoms with Gasteiger partial charge in [-0.25, -0.2) is 0 Å². The summed E-state index contributed by atoms with van der Waals surface area (Å²) in [6.45, 7) is 4.35. The van der Waals surface area contributed by atoms with Crippen LogP contribution in [-0.4, -0.2) is 10.2 Å². The van der Waals surface area contributed by atoms with Crippen LogP contribution in [0.3, 0.4) is 0 Å². The van der Waals surface area contributed by atoms with E-state index in [0.29, 0.717) is 0 Å². The summed E-state index contributed by atoms with van der Waals surface area (Å²) in [5.41, 5.74) is 0. The molecule has 4 heteroatoms. The van der Waals surface area contributed by atoms with Gasteiger partial charge in [-0.2, -0.15) is 0 Å². The van der Waals surface area contributed by atoms with E-state index in [1.807, 2.05) is 0 Å². The van der Waals surface area contributed by atoms with Crippen LogP contribution in [0.25, 0.3) is 0 Å². The van der Waals surface area contributed by atoms with E-state index < -0.39 is 0 Å². The molecule has 0 aromatic heterocycles. The number of rotatable bonds is 1. The largest absolute Gasteiger partial charge is 0.114 e. The van der Waals surface area contributed by atoms with E-state index in [0.717, 1.165) is 12.0 Å². The van der Waals surface area contributed by atoms with Crippen molar-refractivity contribution in [2.75, 3.05) is 0 Å². The molecular weight excluding hydrogens is 316 g/mol. The van der Waals surface area contributed by atoms with Crippen LogP contribution in [0.5, 0.6) is 0 Å². The average Bonchev–Trinajstić information content (AvgIpc) is 1.38. The first-order valence-corrected chi connectivity index (χ1v) is 2.62. The lowest BCUT2D eigenvalue weighted by atomic mass is 10.3. The zero-order valence-electron chi connectivity index (χ0n) is 5.01. The summed E-state index contributed by atoms with van der Waals surface area (Å²) in [4.78, 5) is 0. The highest BCUT2D eigenvalue weighted by Crippen LogP contribution is 1.92. The van der Waals surface area contributed by atoms with Crippen LogP contribution in [0.4, 0.5) is 0 Å². The predicted octanol–water partition coefficient (Wildman–Crippen LogP) is 2.96. The lowest BCUT2D eigenvalue weighted by molar-refractivity contribution is 0.735. The van der Waals surface area contributed by atoms with Crippen molar-refractivity contribution < 1.29 is 0 Å². The second-order valence-corrected chi connectivity index (χ2v) is 2.01. The van der Waals surface area contributed by atoms with Crippen LogP contribution >= 0.6 is 50.9 Å². The van der Waals surface area contributed by atoms with E-state index in [2.05, 4.69) is 24.1 Å². The first-order chi connectivity index (χ1) is 2.27. The maximum Gasteiger partial charge on any atom is 0.0224 e. The molecular formula is C4H12Br3Si. The molecule has 0 spiro atoms. The molecule has 0 saturated carbocycles. The molecule has 0 aliphatic heterocycles. The van der Waals surface area contributed by atoms with Crippen LogP contribution in [0, 0.1) is 5.92 Å². The molecule has 3 radical (unpaired) electrons. The minimum atomic E-state index is 0. The first-order valence-electron chi connectivity index (χ1n) is 1.92. The zero-order valence-corrected chi connectivity index (χ0v) is 11.1. The Morgan fingerprint density at radius 2 is 1.25 bits per heavy atom. The van der Waals surface area contributed by atoms with Gasteiger partial charge < -0.3 is 0 Å². The van der Waals surface area contributed by atoms with E-state index in [1.54, 1.807) is 0 Å². The van der Waals surface area contributed by atoms with E-state index in [1.165, 1.54) is 0 Å². The van der Waals surface area contributed by atoms with Gasteiger partial charge in [-0.3, -0.25) is 0 Å². The summed E-state index contributed by atoms with van der Waals surface area (Å²) in [6.07, 6.45) is 0. The van der Waals surface area contributed by atoms with Gasteiger partial charge in [-0.1, -0.05) is 25.8 Å². The molecule has 0 aromatic rings. The van der Waals surface area contributed by atoms with Crippen molar-refractivity contribution in [2.24, 2.45) is 5.92 Å². The highest BCUT2D eigenvalue weighted by molar-refractivity contribution is 8.93. The van der Waals surface area contributed by atoms with Gasteiger partial charge in [0.1, 0.15) is 0 Å². The number of halogens is 3. The summed E-state index contributed by atoms with van der Waals surface area (Å²) < 4.78 is 0. The van der Waals surface area contributed by atoms with Crippen LogP contribution < -0.4 is 0 Å². The lowest BCUT2D eigenvalue weighted by Crippen LogP contribution is -1.80. The van der Waals surface area contributed by atoms with Gasteiger partial charge in [0.25, 0.3) is 0 Å². The fraction of sp³-hybridized carbons (Fsp3) is 1.00. The smallest absolute Gasteiger partial charge is 0.0224 e. The minimum Gasteiger partial charge on any atom is -0.114 e. The van der Waals surface area contributed by atoms with Gasteiger partial charge in [0.05, 0.1) is 0 Å². The summed E-state index contributed by atoms with van der Waals surface area (Å²) in [5, 5.41) is 0. The average molecular weight is 328 g/mol. The summed E-state index contributed by atoms with van der Waals surface area (Å²) in [7, 11) is 3.35. The van der Waals surface area contributed by atoms with Crippen molar-refractivity contribution >= 4 is 61.2 Å². The normalized spacial score (nSPS) is 6.00. The molecule has 0 unspecified atom stereocenters. The Balaban J connectivity index is -0.0000000267. The van der Waals surface area contributed by atoms with Gasteiger partial charge in [0, 0.05) is 10.2 Å². The van der Waals surface area contributed by atoms with E-state index >= 15 is 0 Å². The van der Waals surface area contributed by atoms with Crippen LogP contribution in [-0.2, 0) is 0 Å². The van der Waals surface area contributed by atoms with Crippen molar-refractivity contribution in [3.05, 3.63) is 0 Å². The maximum absolute atomic E-state index is 3.35. The molecule has 0 amide bonds. The second-order valence-electron chi connectivity index (χ2n) is 1.60. The van der Waals surface area contributed by atoms with Crippen molar-refractivity contribution in [1.29, 1.82) is 0 Å². The molecule has 53 valence electrons. The third kappa shape index (κ3) is 25.4. The quantitative estimate of drug-likeness (QED) is 0.650. The van der Waals surface area contributed by atoms with Crippen molar-refractivity contribution in [3.8, 4) is 0 Å². The monoisotopic (exact) mass is 325 g/mol. The molecule has 0 fully saturated rings. The summed E-state index contributed by atoms with van der Waals surface area (Å²) in [5.74, 6) is 0.798. The summed E-state index contributed by atoms with van der Waals surface area (Å²) >= 11 is 0. The molecule has 0 atom stereocenters. The topological polar surface area (TPSA) is 0 Å². The molecule has 0 aromatic carbocycles. The van der Waals surface area contributed by atoms with Crippen LogP contribution in [0.1, 0.15) is 13.8 Å². The van der Waals surface area contributed by atoms with Gasteiger partial charge in [-0.15, -0.1) is 50.9 Å². The molecule has 0 aliphatic carbocycles. The Morgan fingerprint density at radius 3 is 1.25 bits per heavy atom. The van der Waals surface area contributed by atoms with Crippen molar-refractivity contribution in [3.63, 3.8) is 0 Å². The molecule has 0 heterocycles. The standard InChI is InChI=1S/C4H9Si.3BrH/c1-4(2)3-5;;;/h4H,3H2,1-2H3;3*1H. The third-order valence-electron chi connectivity index (χ3n) is 0.408. The van der Waals surface area contributed by atoms with E-state index in [9.17, 15) is 0 Å². The van der Waals surface area contributed by atoms with Crippen molar-refractivity contribution in [2.45, 2.75) is 19.9 Å². The van der Waals surface area contributed by atoms with Gasteiger partial charge in [0.2, 0.25) is 0 Å². The van der Waals surface area contributed by atoms with Crippen LogP contribution in [0.15, 0.2) is 0 Å². The zero-order chi connectivity index (χ0) is 4.28. The molecule has 0 saturated heterocycles. The molecule has 0 rings (SSSR count). The highest BCUT2D eigenvalue weighted by atomic mass is 79.9. The lowest BCUT2D eigenvalue weighted by Gasteiger charge is -1.90. The Kier molecular flexibility index (Phi) is 44.8. The molecule has 8 heavy (non-hydrogen) atoms. The van der Waals surface area contributed by atoms with Gasteiger partial charge >= 0.3 is 0 Å². The summed E-state index contributed by atoms with van der Waals surface area (Å²) in [6, 6.07) is 1.11. The third-order valence-corrected chi connectivity index (χ3v) is 1.22. The van der Waals surface area contributed by atoms with Gasteiger partial charge in [-0.05, 0) is 0 Å². The second kappa shape index (κ2) is 15.9. The number of hydrogen-bond acceptors (Lipinski definition) is 0. The Bertz CT molecular complexity index is 25.2. The Hall–Kier alpha value is 1.66. The molecule has 0 N–H and O–H groups in total. The Morgan fingerprint density at radius 1 is 1.12 bits per heavy atom. The molecule has 0 aliphatic rings.